The molecule has 0 unspecified atom stereocenters. The molecule has 2 N–H and O–H groups in total. The van der Waals surface area contributed by atoms with Crippen molar-refractivity contribution >= 4 is 11.7 Å². The summed E-state index contributed by atoms with van der Waals surface area (Å²) in [5, 5.41) is 6.29. The van der Waals surface area contributed by atoms with E-state index in [4.69, 9.17) is 0 Å². The number of rotatable bonds is 2. The summed E-state index contributed by atoms with van der Waals surface area (Å²) in [6, 6.07) is -0.0338. The van der Waals surface area contributed by atoms with Crippen LogP contribution in [0.25, 0.3) is 0 Å². The van der Waals surface area contributed by atoms with Crippen molar-refractivity contribution in [2.45, 2.75) is 51.1 Å². The average molecular weight is 248 g/mol. The molecule has 0 aliphatic carbocycles. The Morgan fingerprint density at radius 2 is 2.33 bits per heavy atom. The molecule has 5 heteroatoms. The minimum absolute atomic E-state index is 0.0338. The lowest BCUT2D eigenvalue weighted by Crippen LogP contribution is -2.43. The number of imidazole rings is 1. The molecule has 0 saturated carbocycles. The fourth-order valence-corrected chi connectivity index (χ4v) is 2.80. The predicted molar refractivity (Wildman–Crippen MR) is 69.4 cm³/mol. The number of nitrogens with zero attached hydrogens (tertiary/aromatic N) is 2. The monoisotopic (exact) mass is 248 g/mol. The Morgan fingerprint density at radius 1 is 1.39 bits per heavy atom. The van der Waals surface area contributed by atoms with Crippen LogP contribution < -0.4 is 10.6 Å². The van der Waals surface area contributed by atoms with Crippen molar-refractivity contribution in [2.75, 3.05) is 11.9 Å². The summed E-state index contributed by atoms with van der Waals surface area (Å²) in [6.45, 7) is 1.92. The Bertz CT molecular complexity index is 434. The molecule has 18 heavy (non-hydrogen) atoms. The van der Waals surface area contributed by atoms with E-state index in [0.717, 1.165) is 44.0 Å². The molecule has 98 valence electrons. The number of aryl methyl sites for hydroxylation is 1. The van der Waals surface area contributed by atoms with Gasteiger partial charge >= 0.3 is 0 Å². The third kappa shape index (κ3) is 2.27. The number of nitrogens with one attached hydrogen (secondary N) is 2. The van der Waals surface area contributed by atoms with Crippen LogP contribution in [0, 0.1) is 0 Å². The molecule has 3 rings (SSSR count). The Labute approximate surface area is 107 Å². The van der Waals surface area contributed by atoms with E-state index >= 15 is 0 Å². The van der Waals surface area contributed by atoms with Crippen LogP contribution in [0.15, 0.2) is 6.20 Å². The van der Waals surface area contributed by atoms with Gasteiger partial charge in [0.25, 0.3) is 0 Å². The molecule has 1 amide bonds. The standard InChI is InChI=1S/C13H20N4O/c18-13(10-5-1-3-7-14-10)16-12-9-15-11-6-2-4-8-17(11)12/h9-10,14H,1-8H2,(H,16,18)/t10-/m0/s1. The lowest BCUT2D eigenvalue weighted by molar-refractivity contribution is -0.118. The van der Waals surface area contributed by atoms with Crippen LogP contribution in [0.3, 0.4) is 0 Å². The Hall–Kier alpha value is -1.36. The van der Waals surface area contributed by atoms with E-state index < -0.39 is 0 Å². The Kier molecular flexibility index (Phi) is 3.32. The van der Waals surface area contributed by atoms with Gasteiger partial charge in [-0.05, 0) is 32.2 Å². The van der Waals surface area contributed by atoms with Crippen molar-refractivity contribution in [1.82, 2.24) is 14.9 Å². The van der Waals surface area contributed by atoms with Gasteiger partial charge in [0.05, 0.1) is 12.2 Å². The minimum Gasteiger partial charge on any atom is -0.315 e. The SMILES string of the molecule is O=C(Nc1cnc2n1CCCC2)[C@@H]1CCCCN1. The van der Waals surface area contributed by atoms with Gasteiger partial charge in [0.15, 0.2) is 0 Å². The molecule has 1 aromatic rings. The van der Waals surface area contributed by atoms with Crippen molar-refractivity contribution < 1.29 is 4.79 Å². The highest BCUT2D eigenvalue weighted by Crippen LogP contribution is 2.20. The van der Waals surface area contributed by atoms with Crippen LogP contribution in [0.2, 0.25) is 0 Å². The van der Waals surface area contributed by atoms with E-state index in [2.05, 4.69) is 20.2 Å². The third-order valence-electron chi connectivity index (χ3n) is 3.85. The molecule has 5 nitrogen and oxygen atoms in total. The maximum atomic E-state index is 12.1. The summed E-state index contributed by atoms with van der Waals surface area (Å²) in [5.41, 5.74) is 0. The first-order chi connectivity index (χ1) is 8.84. The lowest BCUT2D eigenvalue weighted by atomic mass is 10.0. The summed E-state index contributed by atoms with van der Waals surface area (Å²) in [5.74, 6) is 2.05. The molecule has 2 aliphatic heterocycles. The second-order valence-electron chi connectivity index (χ2n) is 5.16. The van der Waals surface area contributed by atoms with Gasteiger partial charge in [-0.3, -0.25) is 4.79 Å². The van der Waals surface area contributed by atoms with Crippen LogP contribution in [0.1, 0.15) is 37.9 Å². The largest absolute Gasteiger partial charge is 0.315 e. The van der Waals surface area contributed by atoms with Gasteiger partial charge in [-0.2, -0.15) is 0 Å². The number of amides is 1. The quantitative estimate of drug-likeness (QED) is 0.829. The van der Waals surface area contributed by atoms with E-state index in [9.17, 15) is 4.79 Å². The second kappa shape index (κ2) is 5.10. The molecule has 2 aliphatic rings. The number of carbonyl (C=O) groups excluding carboxylic acids is 1. The highest BCUT2D eigenvalue weighted by Gasteiger charge is 2.22. The van der Waals surface area contributed by atoms with Crippen molar-refractivity contribution in [1.29, 1.82) is 0 Å². The fourth-order valence-electron chi connectivity index (χ4n) is 2.80. The molecule has 3 heterocycles. The highest BCUT2D eigenvalue weighted by molar-refractivity contribution is 5.94. The summed E-state index contributed by atoms with van der Waals surface area (Å²) in [4.78, 5) is 16.5. The van der Waals surface area contributed by atoms with Gasteiger partial charge in [-0.15, -0.1) is 0 Å². The lowest BCUT2D eigenvalue weighted by Gasteiger charge is -2.23. The van der Waals surface area contributed by atoms with Crippen LogP contribution >= 0.6 is 0 Å². The molecule has 0 radical (unpaired) electrons. The molecule has 1 aromatic heterocycles. The smallest absolute Gasteiger partial charge is 0.242 e. The summed E-state index contributed by atoms with van der Waals surface area (Å²) >= 11 is 0. The van der Waals surface area contributed by atoms with E-state index in [-0.39, 0.29) is 11.9 Å². The number of hydrogen-bond donors (Lipinski definition) is 2. The number of piperidine rings is 1. The van der Waals surface area contributed by atoms with E-state index in [1.807, 2.05) is 0 Å². The molecule has 0 spiro atoms. The maximum absolute atomic E-state index is 12.1. The van der Waals surface area contributed by atoms with Gasteiger partial charge < -0.3 is 15.2 Å². The van der Waals surface area contributed by atoms with Gasteiger partial charge in [0.2, 0.25) is 5.91 Å². The van der Waals surface area contributed by atoms with E-state index in [1.54, 1.807) is 6.20 Å². The van der Waals surface area contributed by atoms with E-state index in [0.29, 0.717) is 0 Å². The first-order valence-electron chi connectivity index (χ1n) is 6.93. The molecule has 1 atom stereocenters. The third-order valence-corrected chi connectivity index (χ3v) is 3.85. The van der Waals surface area contributed by atoms with Crippen molar-refractivity contribution in [3.63, 3.8) is 0 Å². The summed E-state index contributed by atoms with van der Waals surface area (Å²) in [6.07, 6.45) is 8.44. The minimum atomic E-state index is -0.0338. The molecular formula is C13H20N4O. The molecule has 0 aromatic carbocycles. The van der Waals surface area contributed by atoms with Crippen LogP contribution in [-0.4, -0.2) is 28.0 Å². The number of carbonyl (C=O) groups is 1. The average Bonchev–Trinajstić information content (AvgIpc) is 2.83. The van der Waals surface area contributed by atoms with Gasteiger partial charge in [-0.1, -0.05) is 6.42 Å². The zero-order valence-corrected chi connectivity index (χ0v) is 10.6. The number of fused-ring (bicyclic) bond motifs is 1. The number of aromatic nitrogens is 2. The second-order valence-corrected chi connectivity index (χ2v) is 5.16. The molecule has 1 fully saturated rings. The molecular weight excluding hydrogens is 228 g/mol. The summed E-state index contributed by atoms with van der Waals surface area (Å²) < 4.78 is 2.14. The predicted octanol–water partition coefficient (Wildman–Crippen LogP) is 1.30. The normalized spacial score (nSPS) is 23.4. The Morgan fingerprint density at radius 3 is 3.17 bits per heavy atom. The van der Waals surface area contributed by atoms with Gasteiger partial charge in [0, 0.05) is 13.0 Å². The zero-order valence-electron chi connectivity index (χ0n) is 10.6. The molecule has 0 bridgehead atoms. The Balaban J connectivity index is 1.68. The van der Waals surface area contributed by atoms with Crippen LogP contribution in [0.4, 0.5) is 5.82 Å². The number of hydrogen-bond acceptors (Lipinski definition) is 3. The molecule has 1 saturated heterocycles. The first kappa shape index (κ1) is 11.7. The van der Waals surface area contributed by atoms with Gasteiger partial charge in [-0.25, -0.2) is 4.98 Å². The fraction of sp³-hybridized carbons (Fsp3) is 0.692. The van der Waals surface area contributed by atoms with Crippen molar-refractivity contribution in [3.8, 4) is 0 Å². The van der Waals surface area contributed by atoms with Crippen LogP contribution in [0.5, 0.6) is 0 Å². The summed E-state index contributed by atoms with van der Waals surface area (Å²) in [7, 11) is 0. The van der Waals surface area contributed by atoms with Crippen molar-refractivity contribution in [3.05, 3.63) is 12.0 Å². The highest BCUT2D eigenvalue weighted by atomic mass is 16.2. The number of anilines is 1. The topological polar surface area (TPSA) is 59.0 Å². The van der Waals surface area contributed by atoms with Gasteiger partial charge in [0.1, 0.15) is 11.6 Å². The van der Waals surface area contributed by atoms with Crippen LogP contribution in [-0.2, 0) is 17.8 Å². The zero-order chi connectivity index (χ0) is 12.4. The van der Waals surface area contributed by atoms with Crippen molar-refractivity contribution in [2.24, 2.45) is 0 Å². The first-order valence-corrected chi connectivity index (χ1v) is 6.93. The maximum Gasteiger partial charge on any atom is 0.242 e. The van der Waals surface area contributed by atoms with E-state index in [1.165, 1.54) is 19.3 Å².